The van der Waals surface area contributed by atoms with Gasteiger partial charge in [0.05, 0.1) is 0 Å². The fourth-order valence-corrected chi connectivity index (χ4v) is 2.43. The minimum absolute atomic E-state index is 0.519. The fourth-order valence-electron chi connectivity index (χ4n) is 2.25. The number of piperidine rings is 1. The van der Waals surface area contributed by atoms with E-state index in [9.17, 15) is 0 Å². The Labute approximate surface area is 102 Å². The maximum Gasteiger partial charge on any atom is 0.155 e. The Bertz CT molecular complexity index is 392. The maximum absolute atomic E-state index is 5.97. The first-order chi connectivity index (χ1) is 7.61. The predicted octanol–water partition coefficient (Wildman–Crippen LogP) is 3.13. The second-order valence-electron chi connectivity index (χ2n) is 4.60. The first-order valence-electron chi connectivity index (χ1n) is 5.87. The summed E-state index contributed by atoms with van der Waals surface area (Å²) in [6, 6.07) is 0.558. The summed E-state index contributed by atoms with van der Waals surface area (Å²) in [5.41, 5.74) is 2.21. The van der Waals surface area contributed by atoms with Crippen LogP contribution in [0.5, 0.6) is 0 Å². The summed E-state index contributed by atoms with van der Waals surface area (Å²) >= 11 is 5.97. The van der Waals surface area contributed by atoms with Gasteiger partial charge >= 0.3 is 0 Å². The number of hydrogen-bond donors (Lipinski definition) is 0. The minimum Gasteiger partial charge on any atom is -0.352 e. The van der Waals surface area contributed by atoms with E-state index >= 15 is 0 Å². The van der Waals surface area contributed by atoms with Gasteiger partial charge in [0.25, 0.3) is 0 Å². The Kier molecular flexibility index (Phi) is 3.33. The van der Waals surface area contributed by atoms with Crippen molar-refractivity contribution in [2.45, 2.75) is 46.1 Å². The van der Waals surface area contributed by atoms with Crippen molar-refractivity contribution in [1.82, 2.24) is 10.2 Å². The smallest absolute Gasteiger partial charge is 0.155 e. The zero-order valence-corrected chi connectivity index (χ0v) is 10.9. The van der Waals surface area contributed by atoms with E-state index in [1.54, 1.807) is 0 Å². The number of anilines is 1. The van der Waals surface area contributed by atoms with Gasteiger partial charge in [-0.15, -0.1) is 10.2 Å². The van der Waals surface area contributed by atoms with Crippen LogP contribution in [0.2, 0.25) is 5.15 Å². The van der Waals surface area contributed by atoms with Crippen LogP contribution in [0.25, 0.3) is 0 Å². The van der Waals surface area contributed by atoms with Gasteiger partial charge in [0.15, 0.2) is 11.0 Å². The largest absolute Gasteiger partial charge is 0.352 e. The van der Waals surface area contributed by atoms with E-state index in [-0.39, 0.29) is 0 Å². The van der Waals surface area contributed by atoms with Crippen molar-refractivity contribution in [3.05, 3.63) is 16.3 Å². The van der Waals surface area contributed by atoms with Crippen LogP contribution in [-0.2, 0) is 0 Å². The lowest BCUT2D eigenvalue weighted by Gasteiger charge is -2.35. The summed E-state index contributed by atoms with van der Waals surface area (Å²) in [6.07, 6.45) is 3.80. The molecule has 0 N–H and O–H groups in total. The van der Waals surface area contributed by atoms with Gasteiger partial charge < -0.3 is 4.90 Å². The van der Waals surface area contributed by atoms with Gasteiger partial charge in [-0.05, 0) is 51.2 Å². The topological polar surface area (TPSA) is 29.0 Å². The number of halogens is 1. The normalized spacial score (nSPS) is 21.2. The zero-order valence-electron chi connectivity index (χ0n) is 10.1. The van der Waals surface area contributed by atoms with Crippen molar-refractivity contribution < 1.29 is 0 Å². The third kappa shape index (κ3) is 2.01. The van der Waals surface area contributed by atoms with Crippen molar-refractivity contribution in [2.75, 3.05) is 11.4 Å². The van der Waals surface area contributed by atoms with Crippen LogP contribution in [0.15, 0.2) is 0 Å². The summed E-state index contributed by atoms with van der Waals surface area (Å²) in [5, 5.41) is 8.80. The molecule has 4 heteroatoms. The molecule has 1 aliphatic rings. The molecule has 1 unspecified atom stereocenters. The zero-order chi connectivity index (χ0) is 11.7. The van der Waals surface area contributed by atoms with Crippen molar-refractivity contribution in [3.8, 4) is 0 Å². The highest BCUT2D eigenvalue weighted by Crippen LogP contribution is 2.28. The van der Waals surface area contributed by atoms with Crippen LogP contribution < -0.4 is 4.90 Å². The molecule has 0 bridgehead atoms. The maximum atomic E-state index is 5.97. The molecule has 1 atom stereocenters. The molecule has 1 aromatic heterocycles. The third-order valence-corrected chi connectivity index (χ3v) is 3.87. The van der Waals surface area contributed by atoms with Gasteiger partial charge in [0.1, 0.15) is 0 Å². The molecule has 0 saturated carbocycles. The summed E-state index contributed by atoms with van der Waals surface area (Å²) in [7, 11) is 0. The van der Waals surface area contributed by atoms with Crippen LogP contribution >= 0.6 is 11.6 Å². The van der Waals surface area contributed by atoms with Crippen molar-refractivity contribution >= 4 is 17.4 Å². The first-order valence-corrected chi connectivity index (χ1v) is 6.25. The molecule has 16 heavy (non-hydrogen) atoms. The Morgan fingerprint density at radius 1 is 1.19 bits per heavy atom. The van der Waals surface area contributed by atoms with Crippen molar-refractivity contribution in [1.29, 1.82) is 0 Å². The van der Waals surface area contributed by atoms with E-state index in [0.717, 1.165) is 23.5 Å². The molecular weight excluding hydrogens is 222 g/mol. The van der Waals surface area contributed by atoms with Gasteiger partial charge in [-0.25, -0.2) is 0 Å². The Morgan fingerprint density at radius 3 is 2.62 bits per heavy atom. The monoisotopic (exact) mass is 239 g/mol. The van der Waals surface area contributed by atoms with Crippen LogP contribution in [0.3, 0.4) is 0 Å². The van der Waals surface area contributed by atoms with Gasteiger partial charge in [0, 0.05) is 12.6 Å². The predicted molar refractivity (Wildman–Crippen MR) is 67.2 cm³/mol. The Balaban J connectivity index is 2.36. The van der Waals surface area contributed by atoms with Crippen molar-refractivity contribution in [2.24, 2.45) is 0 Å². The third-order valence-electron chi connectivity index (χ3n) is 3.51. The van der Waals surface area contributed by atoms with Crippen LogP contribution in [0.4, 0.5) is 5.82 Å². The molecule has 88 valence electrons. The van der Waals surface area contributed by atoms with Crippen molar-refractivity contribution in [3.63, 3.8) is 0 Å². The summed E-state index contributed by atoms with van der Waals surface area (Å²) < 4.78 is 0. The minimum atomic E-state index is 0.519. The standard InChI is InChI=1S/C12H18ClN3/c1-8-6-4-5-7-16(8)12-10(3)9(2)11(13)14-15-12/h8H,4-7H2,1-3H3. The van der Waals surface area contributed by atoms with Crippen LogP contribution in [0, 0.1) is 13.8 Å². The van der Waals surface area contributed by atoms with Gasteiger partial charge in [-0.3, -0.25) is 0 Å². The van der Waals surface area contributed by atoms with Gasteiger partial charge in [-0.1, -0.05) is 11.6 Å². The second kappa shape index (κ2) is 4.58. The number of aromatic nitrogens is 2. The van der Waals surface area contributed by atoms with Gasteiger partial charge in [0.2, 0.25) is 0 Å². The Morgan fingerprint density at radius 2 is 1.94 bits per heavy atom. The number of nitrogens with zero attached hydrogens (tertiary/aromatic N) is 3. The summed E-state index contributed by atoms with van der Waals surface area (Å²) in [5.74, 6) is 1.01. The molecule has 0 spiro atoms. The highest BCUT2D eigenvalue weighted by molar-refractivity contribution is 6.30. The highest BCUT2D eigenvalue weighted by atomic mass is 35.5. The molecule has 0 aromatic carbocycles. The Hall–Kier alpha value is -0.830. The summed E-state index contributed by atoms with van der Waals surface area (Å²) in [4.78, 5) is 2.36. The molecule has 1 saturated heterocycles. The van der Waals surface area contributed by atoms with Crippen LogP contribution in [0.1, 0.15) is 37.3 Å². The molecular formula is C12H18ClN3. The number of rotatable bonds is 1. The number of hydrogen-bond acceptors (Lipinski definition) is 3. The fraction of sp³-hybridized carbons (Fsp3) is 0.667. The SMILES string of the molecule is Cc1c(Cl)nnc(N2CCCCC2C)c1C. The van der Waals surface area contributed by atoms with E-state index in [4.69, 9.17) is 11.6 Å². The second-order valence-corrected chi connectivity index (χ2v) is 4.96. The first kappa shape index (κ1) is 11.6. The van der Waals surface area contributed by atoms with E-state index in [2.05, 4.69) is 28.9 Å². The van der Waals surface area contributed by atoms with E-state index < -0.39 is 0 Å². The average molecular weight is 240 g/mol. The molecule has 0 aliphatic carbocycles. The lowest BCUT2D eigenvalue weighted by molar-refractivity contribution is 0.478. The molecule has 1 aliphatic heterocycles. The molecule has 1 fully saturated rings. The van der Waals surface area contributed by atoms with E-state index in [0.29, 0.717) is 11.2 Å². The van der Waals surface area contributed by atoms with Gasteiger partial charge in [-0.2, -0.15) is 0 Å². The molecule has 0 amide bonds. The molecule has 0 radical (unpaired) electrons. The quantitative estimate of drug-likeness (QED) is 0.754. The van der Waals surface area contributed by atoms with Crippen LogP contribution in [-0.4, -0.2) is 22.8 Å². The molecule has 3 nitrogen and oxygen atoms in total. The highest BCUT2D eigenvalue weighted by Gasteiger charge is 2.22. The van der Waals surface area contributed by atoms with E-state index in [1.165, 1.54) is 19.3 Å². The lowest BCUT2D eigenvalue weighted by atomic mass is 10.0. The lowest BCUT2D eigenvalue weighted by Crippen LogP contribution is -2.38. The molecule has 2 heterocycles. The average Bonchev–Trinajstić information content (AvgIpc) is 2.28. The molecule has 2 rings (SSSR count). The van der Waals surface area contributed by atoms with E-state index in [1.807, 2.05) is 6.92 Å². The molecule has 1 aromatic rings. The summed E-state index contributed by atoms with van der Waals surface area (Å²) in [6.45, 7) is 7.42.